The van der Waals surface area contributed by atoms with Crippen LogP contribution < -0.4 is 15.4 Å². The smallest absolute Gasteiger partial charge is 0.414 e. The first-order valence-electron chi connectivity index (χ1n) is 7.98. The summed E-state index contributed by atoms with van der Waals surface area (Å²) in [6.07, 6.45) is 0.430. The zero-order valence-corrected chi connectivity index (χ0v) is 14.4. The Hall–Kier alpha value is -2.17. The number of carbonyl (C=O) groups is 2. The van der Waals surface area contributed by atoms with Crippen molar-refractivity contribution >= 4 is 33.6 Å². The van der Waals surface area contributed by atoms with Crippen molar-refractivity contribution in [1.82, 2.24) is 4.31 Å². The van der Waals surface area contributed by atoms with Crippen LogP contribution in [0.3, 0.4) is 0 Å². The van der Waals surface area contributed by atoms with Gasteiger partial charge in [0.1, 0.15) is 6.61 Å². The molecule has 2 aliphatic heterocycles. The van der Waals surface area contributed by atoms with Gasteiger partial charge < -0.3 is 10.1 Å². The van der Waals surface area contributed by atoms with Crippen LogP contribution in [0.5, 0.6) is 0 Å². The van der Waals surface area contributed by atoms with E-state index in [1.807, 2.05) is 0 Å². The number of amides is 2. The van der Waals surface area contributed by atoms with Gasteiger partial charge >= 0.3 is 6.09 Å². The Bertz CT molecular complexity index is 774. The molecular formula is C15H20N4O5S. The number of nitrogens with two attached hydrogens (primary N) is 1. The van der Waals surface area contributed by atoms with Crippen LogP contribution in [0.1, 0.15) is 12.8 Å². The summed E-state index contributed by atoms with van der Waals surface area (Å²) in [5.74, 6) is -0.450. The van der Waals surface area contributed by atoms with E-state index in [0.29, 0.717) is 37.4 Å². The summed E-state index contributed by atoms with van der Waals surface area (Å²) in [6.45, 7) is 1.29. The van der Waals surface area contributed by atoms with Crippen LogP contribution >= 0.6 is 0 Å². The monoisotopic (exact) mass is 368 g/mol. The van der Waals surface area contributed by atoms with E-state index in [4.69, 9.17) is 9.88 Å². The van der Waals surface area contributed by atoms with E-state index < -0.39 is 16.3 Å². The number of benzene rings is 1. The van der Waals surface area contributed by atoms with Crippen LogP contribution in [0.25, 0.3) is 0 Å². The molecule has 1 aromatic carbocycles. The number of hydrogen-bond donors (Lipinski definition) is 2. The molecule has 0 atom stereocenters. The minimum absolute atomic E-state index is 0.171. The third-order valence-electron chi connectivity index (χ3n) is 4.37. The molecule has 0 unspecified atom stereocenters. The largest absolute Gasteiger partial charge is 0.447 e. The van der Waals surface area contributed by atoms with Gasteiger partial charge in [0.2, 0.25) is 5.91 Å². The Kier molecular flexibility index (Phi) is 4.93. The van der Waals surface area contributed by atoms with Crippen LogP contribution in [0, 0.1) is 5.92 Å². The van der Waals surface area contributed by atoms with Crippen LogP contribution in [0.2, 0.25) is 0 Å². The fourth-order valence-corrected chi connectivity index (χ4v) is 3.72. The van der Waals surface area contributed by atoms with Crippen molar-refractivity contribution in [3.8, 4) is 0 Å². The lowest BCUT2D eigenvalue weighted by molar-refractivity contribution is -0.120. The first-order valence-corrected chi connectivity index (χ1v) is 9.48. The topological polar surface area (TPSA) is 122 Å². The van der Waals surface area contributed by atoms with Gasteiger partial charge in [-0.05, 0) is 31.0 Å². The molecule has 2 saturated heterocycles. The SMILES string of the molecule is NS(=O)(=O)N1CCC(C(=O)Nc2cccc(N3CCOC3=O)c2)CC1. The summed E-state index contributed by atoms with van der Waals surface area (Å²) in [4.78, 5) is 25.5. The second-order valence-corrected chi connectivity index (χ2v) is 7.57. The van der Waals surface area contributed by atoms with Crippen molar-refractivity contribution in [3.05, 3.63) is 24.3 Å². The highest BCUT2D eigenvalue weighted by atomic mass is 32.2. The average Bonchev–Trinajstić information content (AvgIpc) is 3.00. The standard InChI is InChI=1S/C15H20N4O5S/c16-25(22,23)18-6-4-11(5-7-18)14(20)17-12-2-1-3-13(10-12)19-8-9-24-15(19)21/h1-3,10-11H,4-9H2,(H,17,20)(H2,16,22,23). The zero-order chi connectivity index (χ0) is 18.0. The summed E-state index contributed by atoms with van der Waals surface area (Å²) < 4.78 is 28.7. The van der Waals surface area contributed by atoms with E-state index in [9.17, 15) is 18.0 Å². The third kappa shape index (κ3) is 4.09. The molecule has 3 N–H and O–H groups in total. The zero-order valence-electron chi connectivity index (χ0n) is 13.6. The van der Waals surface area contributed by atoms with E-state index >= 15 is 0 Å². The highest BCUT2D eigenvalue weighted by Gasteiger charge is 2.29. The maximum absolute atomic E-state index is 12.4. The van der Waals surface area contributed by atoms with Gasteiger partial charge in [-0.25, -0.2) is 9.93 Å². The Morgan fingerprint density at radius 3 is 2.56 bits per heavy atom. The summed E-state index contributed by atoms with van der Waals surface area (Å²) in [5, 5.41) is 7.93. The molecule has 10 heteroatoms. The number of cyclic esters (lactones) is 1. The molecule has 3 rings (SSSR count). The lowest BCUT2D eigenvalue weighted by Crippen LogP contribution is -2.44. The number of piperidine rings is 1. The molecular weight excluding hydrogens is 348 g/mol. The lowest BCUT2D eigenvalue weighted by atomic mass is 9.97. The summed E-state index contributed by atoms with van der Waals surface area (Å²) in [5.41, 5.74) is 1.24. The third-order valence-corrected chi connectivity index (χ3v) is 5.46. The van der Waals surface area contributed by atoms with E-state index in [2.05, 4.69) is 5.32 Å². The molecule has 2 amide bonds. The highest BCUT2D eigenvalue weighted by Crippen LogP contribution is 2.24. The maximum Gasteiger partial charge on any atom is 0.414 e. The van der Waals surface area contributed by atoms with E-state index in [0.717, 1.165) is 0 Å². The van der Waals surface area contributed by atoms with Crippen molar-refractivity contribution in [2.75, 3.05) is 36.5 Å². The Balaban J connectivity index is 1.61. The van der Waals surface area contributed by atoms with Gasteiger partial charge in [0.25, 0.3) is 10.2 Å². The number of hydrogen-bond acceptors (Lipinski definition) is 5. The number of rotatable bonds is 4. The number of nitrogens with one attached hydrogen (secondary N) is 1. The Morgan fingerprint density at radius 1 is 1.24 bits per heavy atom. The van der Waals surface area contributed by atoms with Crippen LogP contribution in [-0.2, 0) is 19.7 Å². The van der Waals surface area contributed by atoms with Crippen LogP contribution in [-0.4, -0.2) is 51.0 Å². The minimum atomic E-state index is -3.70. The van der Waals surface area contributed by atoms with Gasteiger partial charge in [0, 0.05) is 30.4 Å². The van der Waals surface area contributed by atoms with Gasteiger partial charge in [-0.15, -0.1) is 0 Å². The second-order valence-electron chi connectivity index (χ2n) is 6.02. The van der Waals surface area contributed by atoms with Gasteiger partial charge in [0.05, 0.1) is 6.54 Å². The molecule has 2 aliphatic rings. The quantitative estimate of drug-likeness (QED) is 0.801. The van der Waals surface area contributed by atoms with Crippen molar-refractivity contribution in [3.63, 3.8) is 0 Å². The van der Waals surface area contributed by atoms with Crippen molar-refractivity contribution in [1.29, 1.82) is 0 Å². The molecule has 2 fully saturated rings. The lowest BCUT2D eigenvalue weighted by Gasteiger charge is -2.29. The summed E-state index contributed by atoms with van der Waals surface area (Å²) >= 11 is 0. The first-order chi connectivity index (χ1) is 11.8. The summed E-state index contributed by atoms with van der Waals surface area (Å²) in [7, 11) is -3.70. The first kappa shape index (κ1) is 17.6. The number of ether oxygens (including phenoxy) is 1. The van der Waals surface area contributed by atoms with Crippen molar-refractivity contribution in [2.24, 2.45) is 11.1 Å². The predicted molar refractivity (Wildman–Crippen MR) is 91.2 cm³/mol. The minimum Gasteiger partial charge on any atom is -0.447 e. The Labute approximate surface area is 145 Å². The molecule has 2 heterocycles. The Morgan fingerprint density at radius 2 is 1.96 bits per heavy atom. The van der Waals surface area contributed by atoms with Gasteiger partial charge in [-0.1, -0.05) is 6.07 Å². The van der Waals surface area contributed by atoms with Gasteiger partial charge in [-0.2, -0.15) is 12.7 Å². The molecule has 0 saturated carbocycles. The van der Waals surface area contributed by atoms with Crippen molar-refractivity contribution < 1.29 is 22.7 Å². The normalized spacial score (nSPS) is 19.7. The number of carbonyl (C=O) groups excluding carboxylic acids is 2. The molecule has 0 bridgehead atoms. The molecule has 9 nitrogen and oxygen atoms in total. The second kappa shape index (κ2) is 6.98. The molecule has 1 aromatic rings. The van der Waals surface area contributed by atoms with Gasteiger partial charge in [-0.3, -0.25) is 9.69 Å². The molecule has 0 aliphatic carbocycles. The van der Waals surface area contributed by atoms with E-state index in [-0.39, 0.29) is 24.9 Å². The average molecular weight is 368 g/mol. The molecule has 136 valence electrons. The number of nitrogens with zero attached hydrogens (tertiary/aromatic N) is 2. The highest BCUT2D eigenvalue weighted by molar-refractivity contribution is 7.86. The summed E-state index contributed by atoms with van der Waals surface area (Å²) in [6, 6.07) is 6.97. The molecule has 25 heavy (non-hydrogen) atoms. The van der Waals surface area contributed by atoms with Crippen LogP contribution in [0.15, 0.2) is 24.3 Å². The van der Waals surface area contributed by atoms with Crippen molar-refractivity contribution in [2.45, 2.75) is 12.8 Å². The van der Waals surface area contributed by atoms with E-state index in [1.165, 1.54) is 9.21 Å². The predicted octanol–water partition coefficient (Wildman–Crippen LogP) is 0.497. The molecule has 0 spiro atoms. The fraction of sp³-hybridized carbons (Fsp3) is 0.467. The van der Waals surface area contributed by atoms with E-state index in [1.54, 1.807) is 24.3 Å². The molecule has 0 radical (unpaired) electrons. The fourth-order valence-electron chi connectivity index (χ4n) is 3.00. The molecule has 0 aromatic heterocycles. The van der Waals surface area contributed by atoms with Crippen LogP contribution in [0.4, 0.5) is 16.2 Å². The van der Waals surface area contributed by atoms with Gasteiger partial charge in [0.15, 0.2) is 0 Å². The maximum atomic E-state index is 12.4. The number of anilines is 2.